The van der Waals surface area contributed by atoms with Crippen LogP contribution in [-0.2, 0) is 14.8 Å². The summed E-state index contributed by atoms with van der Waals surface area (Å²) < 4.78 is 31.7. The summed E-state index contributed by atoms with van der Waals surface area (Å²) in [6.45, 7) is 1.85. The molecule has 0 aliphatic heterocycles. The van der Waals surface area contributed by atoms with Crippen molar-refractivity contribution in [2.45, 2.75) is 11.8 Å². The third-order valence-electron chi connectivity index (χ3n) is 2.93. The largest absolute Gasteiger partial charge is 0.465 e. The van der Waals surface area contributed by atoms with E-state index in [1.807, 2.05) is 6.92 Å². The molecule has 0 saturated carbocycles. The predicted octanol–water partition coefficient (Wildman–Crippen LogP) is 3.24. The van der Waals surface area contributed by atoms with Crippen LogP contribution in [-0.4, -0.2) is 21.5 Å². The Morgan fingerprint density at radius 3 is 2.55 bits per heavy atom. The number of esters is 1. The molecule has 0 aromatic heterocycles. The van der Waals surface area contributed by atoms with Crippen LogP contribution >= 0.6 is 11.6 Å². The number of sulfonamides is 1. The summed E-state index contributed by atoms with van der Waals surface area (Å²) in [5.74, 6) is -0.606. The van der Waals surface area contributed by atoms with E-state index < -0.39 is 16.0 Å². The predicted molar refractivity (Wildman–Crippen MR) is 84.8 cm³/mol. The van der Waals surface area contributed by atoms with Crippen LogP contribution in [0.1, 0.15) is 15.9 Å². The first-order valence-electron chi connectivity index (χ1n) is 6.31. The highest BCUT2D eigenvalue weighted by Gasteiger charge is 2.18. The summed E-state index contributed by atoms with van der Waals surface area (Å²) in [5.41, 5.74) is 1.34. The zero-order chi connectivity index (χ0) is 16.3. The van der Waals surface area contributed by atoms with E-state index in [1.54, 1.807) is 18.2 Å². The minimum atomic E-state index is -3.86. The second-order valence-corrected chi connectivity index (χ2v) is 6.70. The third-order valence-corrected chi connectivity index (χ3v) is 4.61. The molecular weight excluding hydrogens is 326 g/mol. The molecule has 0 aliphatic carbocycles. The molecule has 2 rings (SSSR count). The van der Waals surface area contributed by atoms with Crippen LogP contribution in [0.25, 0.3) is 0 Å². The lowest BCUT2D eigenvalue weighted by Crippen LogP contribution is -2.14. The zero-order valence-electron chi connectivity index (χ0n) is 12.0. The van der Waals surface area contributed by atoms with Gasteiger partial charge in [-0.3, -0.25) is 4.72 Å². The molecule has 0 unspecified atom stereocenters. The zero-order valence-corrected chi connectivity index (χ0v) is 13.5. The van der Waals surface area contributed by atoms with Crippen LogP contribution in [0, 0.1) is 6.92 Å². The average Bonchev–Trinajstić information content (AvgIpc) is 2.49. The van der Waals surface area contributed by atoms with Crippen molar-refractivity contribution in [3.8, 4) is 0 Å². The first-order chi connectivity index (χ1) is 10.3. The van der Waals surface area contributed by atoms with Gasteiger partial charge in [0.15, 0.2) is 0 Å². The third kappa shape index (κ3) is 3.58. The molecule has 0 bridgehead atoms. The number of carbonyl (C=O) groups excluding carboxylic acids is 1. The Hall–Kier alpha value is -2.05. The number of hydrogen-bond donors (Lipinski definition) is 1. The lowest BCUT2D eigenvalue weighted by atomic mass is 10.2. The summed E-state index contributed by atoms with van der Waals surface area (Å²) in [6.07, 6.45) is 0. The molecule has 0 fully saturated rings. The topological polar surface area (TPSA) is 72.5 Å². The number of rotatable bonds is 4. The second kappa shape index (κ2) is 6.37. The number of methoxy groups -OCH3 is 1. The number of nitrogens with one attached hydrogen (secondary N) is 1. The van der Waals surface area contributed by atoms with E-state index in [-0.39, 0.29) is 16.1 Å². The SMILES string of the molecule is COC(=O)c1cccc(S(=O)(=O)Nc2ccc(C)cc2Cl)c1. The molecule has 0 heterocycles. The second-order valence-electron chi connectivity index (χ2n) is 4.61. The quantitative estimate of drug-likeness (QED) is 0.868. The van der Waals surface area contributed by atoms with Crippen molar-refractivity contribution < 1.29 is 17.9 Å². The Morgan fingerprint density at radius 1 is 1.18 bits per heavy atom. The summed E-state index contributed by atoms with van der Waals surface area (Å²) in [7, 11) is -2.63. The Kier molecular flexibility index (Phi) is 4.73. The maximum absolute atomic E-state index is 12.4. The Balaban J connectivity index is 2.36. The van der Waals surface area contributed by atoms with E-state index in [0.717, 1.165) is 5.56 Å². The molecule has 1 N–H and O–H groups in total. The molecule has 2 aromatic rings. The van der Waals surface area contributed by atoms with Gasteiger partial charge in [0.1, 0.15) is 0 Å². The average molecular weight is 340 g/mol. The molecule has 0 radical (unpaired) electrons. The number of halogens is 1. The van der Waals surface area contributed by atoms with Crippen LogP contribution in [0.15, 0.2) is 47.4 Å². The lowest BCUT2D eigenvalue weighted by molar-refractivity contribution is 0.0600. The molecule has 116 valence electrons. The Morgan fingerprint density at radius 2 is 1.91 bits per heavy atom. The van der Waals surface area contributed by atoms with E-state index in [2.05, 4.69) is 9.46 Å². The van der Waals surface area contributed by atoms with Gasteiger partial charge in [0.25, 0.3) is 10.0 Å². The smallest absolute Gasteiger partial charge is 0.337 e. The number of ether oxygens (including phenoxy) is 1. The van der Waals surface area contributed by atoms with E-state index >= 15 is 0 Å². The van der Waals surface area contributed by atoms with Crippen molar-refractivity contribution in [3.63, 3.8) is 0 Å². The first-order valence-corrected chi connectivity index (χ1v) is 8.17. The minimum Gasteiger partial charge on any atom is -0.465 e. The number of carbonyl (C=O) groups is 1. The molecule has 0 amide bonds. The van der Waals surface area contributed by atoms with Gasteiger partial charge in [0.2, 0.25) is 0 Å². The van der Waals surface area contributed by atoms with Gasteiger partial charge in [-0.2, -0.15) is 0 Å². The van der Waals surface area contributed by atoms with Crippen molar-refractivity contribution in [2.75, 3.05) is 11.8 Å². The van der Waals surface area contributed by atoms with Crippen molar-refractivity contribution >= 4 is 33.3 Å². The molecule has 0 spiro atoms. The normalized spacial score (nSPS) is 11.0. The molecule has 7 heteroatoms. The summed E-state index contributed by atoms with van der Waals surface area (Å²) in [6, 6.07) is 10.6. The molecule has 0 atom stereocenters. The highest BCUT2D eigenvalue weighted by Crippen LogP contribution is 2.25. The maximum atomic E-state index is 12.4. The fourth-order valence-corrected chi connectivity index (χ4v) is 3.28. The van der Waals surface area contributed by atoms with Crippen molar-refractivity contribution in [3.05, 3.63) is 58.6 Å². The van der Waals surface area contributed by atoms with Gasteiger partial charge in [-0.25, -0.2) is 13.2 Å². The van der Waals surface area contributed by atoms with E-state index in [9.17, 15) is 13.2 Å². The highest BCUT2D eigenvalue weighted by molar-refractivity contribution is 7.92. The number of anilines is 1. The van der Waals surface area contributed by atoms with Crippen LogP contribution in [0.2, 0.25) is 5.02 Å². The molecule has 22 heavy (non-hydrogen) atoms. The van der Waals surface area contributed by atoms with Crippen molar-refractivity contribution in [1.82, 2.24) is 0 Å². The van der Waals surface area contributed by atoms with Crippen LogP contribution in [0.4, 0.5) is 5.69 Å². The van der Waals surface area contributed by atoms with Crippen molar-refractivity contribution in [1.29, 1.82) is 0 Å². The monoisotopic (exact) mass is 339 g/mol. The molecule has 0 saturated heterocycles. The fraction of sp³-hybridized carbons (Fsp3) is 0.133. The molecule has 0 aliphatic rings. The van der Waals surface area contributed by atoms with Gasteiger partial charge in [-0.15, -0.1) is 0 Å². The van der Waals surface area contributed by atoms with Crippen molar-refractivity contribution in [2.24, 2.45) is 0 Å². The van der Waals surface area contributed by atoms with Gasteiger partial charge in [0.05, 0.1) is 28.3 Å². The Labute approximate surface area is 133 Å². The van der Waals surface area contributed by atoms with Crippen LogP contribution in [0.5, 0.6) is 0 Å². The minimum absolute atomic E-state index is 0.0490. The lowest BCUT2D eigenvalue weighted by Gasteiger charge is -2.11. The molecule has 2 aromatic carbocycles. The number of hydrogen-bond acceptors (Lipinski definition) is 4. The van der Waals surface area contributed by atoms with E-state index in [0.29, 0.717) is 5.02 Å². The number of aryl methyl sites for hydroxylation is 1. The molecular formula is C15H14ClNO4S. The standard InChI is InChI=1S/C15H14ClNO4S/c1-10-6-7-14(13(16)8-10)17-22(19,20)12-5-3-4-11(9-12)15(18)21-2/h3-9,17H,1-2H3. The summed E-state index contributed by atoms with van der Waals surface area (Å²) >= 11 is 6.03. The van der Waals surface area contributed by atoms with Crippen LogP contribution < -0.4 is 4.72 Å². The molecule has 5 nitrogen and oxygen atoms in total. The van der Waals surface area contributed by atoms with Gasteiger partial charge in [-0.1, -0.05) is 23.7 Å². The summed E-state index contributed by atoms with van der Waals surface area (Å²) in [5, 5.41) is 0.299. The van der Waals surface area contributed by atoms with E-state index in [4.69, 9.17) is 11.6 Å². The summed E-state index contributed by atoms with van der Waals surface area (Å²) in [4.78, 5) is 11.4. The van der Waals surface area contributed by atoms with Gasteiger partial charge >= 0.3 is 5.97 Å². The van der Waals surface area contributed by atoms with E-state index in [1.165, 1.54) is 31.4 Å². The number of benzene rings is 2. The van der Waals surface area contributed by atoms with Gasteiger partial charge < -0.3 is 4.74 Å². The highest BCUT2D eigenvalue weighted by atomic mass is 35.5. The maximum Gasteiger partial charge on any atom is 0.337 e. The Bertz CT molecular complexity index is 818. The first kappa shape index (κ1) is 16.3. The van der Waals surface area contributed by atoms with Gasteiger partial charge in [-0.05, 0) is 42.8 Å². The van der Waals surface area contributed by atoms with Crippen LogP contribution in [0.3, 0.4) is 0 Å². The fourth-order valence-electron chi connectivity index (χ4n) is 1.81. The van der Waals surface area contributed by atoms with Gasteiger partial charge in [0, 0.05) is 0 Å².